The first-order valence-corrected chi connectivity index (χ1v) is 4.58. The predicted octanol–water partition coefficient (Wildman–Crippen LogP) is 1.91. The molecular weight excluding hydrogens is 176 g/mol. The zero-order valence-electron chi connectivity index (χ0n) is 8.45. The fourth-order valence-corrected chi connectivity index (χ4v) is 0.987. The minimum atomic E-state index is -0.0284. The third-order valence-electron chi connectivity index (χ3n) is 1.63. The van der Waals surface area contributed by atoms with Crippen LogP contribution in [-0.2, 0) is 0 Å². The number of pyridine rings is 1. The number of rotatable bonds is 4. The van der Waals surface area contributed by atoms with Crippen molar-refractivity contribution in [3.8, 4) is 18.2 Å². The van der Waals surface area contributed by atoms with Gasteiger partial charge in [0.2, 0.25) is 5.88 Å². The van der Waals surface area contributed by atoms with Crippen molar-refractivity contribution in [3.05, 3.63) is 18.2 Å². The maximum absolute atomic E-state index is 5.26. The van der Waals surface area contributed by atoms with Gasteiger partial charge in [-0.05, 0) is 19.9 Å². The third-order valence-corrected chi connectivity index (χ3v) is 1.63. The van der Waals surface area contributed by atoms with E-state index >= 15 is 0 Å². The van der Waals surface area contributed by atoms with E-state index in [2.05, 4.69) is 16.2 Å². The quantitative estimate of drug-likeness (QED) is 0.736. The van der Waals surface area contributed by atoms with Crippen LogP contribution in [-0.4, -0.2) is 17.6 Å². The Labute approximate surface area is 84.5 Å². The molecule has 74 valence electrons. The summed E-state index contributed by atoms with van der Waals surface area (Å²) in [5, 5.41) is 3.06. The molecule has 0 fully saturated rings. The van der Waals surface area contributed by atoms with Gasteiger partial charge in [0.15, 0.2) is 0 Å². The van der Waals surface area contributed by atoms with Gasteiger partial charge in [0.05, 0.1) is 12.6 Å². The molecule has 0 bridgehead atoms. The Balaban J connectivity index is 2.69. The van der Waals surface area contributed by atoms with E-state index in [1.807, 2.05) is 32.0 Å². The van der Waals surface area contributed by atoms with Crippen LogP contribution < -0.4 is 10.1 Å². The second kappa shape index (κ2) is 5.13. The first-order chi connectivity index (χ1) is 6.76. The van der Waals surface area contributed by atoms with Gasteiger partial charge in [0, 0.05) is 6.07 Å². The third kappa shape index (κ3) is 2.98. The van der Waals surface area contributed by atoms with Gasteiger partial charge < -0.3 is 10.1 Å². The van der Waals surface area contributed by atoms with Gasteiger partial charge in [-0.3, -0.25) is 0 Å². The lowest BCUT2D eigenvalue weighted by atomic mass is 10.3. The number of anilines is 1. The van der Waals surface area contributed by atoms with Gasteiger partial charge in [0.25, 0.3) is 0 Å². The van der Waals surface area contributed by atoms with Gasteiger partial charge in [-0.2, -0.15) is 4.98 Å². The molecule has 0 saturated heterocycles. The van der Waals surface area contributed by atoms with Crippen molar-refractivity contribution in [3.63, 3.8) is 0 Å². The zero-order chi connectivity index (χ0) is 10.4. The van der Waals surface area contributed by atoms with Gasteiger partial charge in [-0.25, -0.2) is 0 Å². The first kappa shape index (κ1) is 10.4. The summed E-state index contributed by atoms with van der Waals surface area (Å²) in [4.78, 5) is 4.22. The maximum Gasteiger partial charge on any atom is 0.215 e. The van der Waals surface area contributed by atoms with E-state index in [4.69, 9.17) is 11.2 Å². The predicted molar refractivity (Wildman–Crippen MR) is 57.3 cm³/mol. The smallest absolute Gasteiger partial charge is 0.215 e. The highest BCUT2D eigenvalue weighted by Gasteiger charge is 2.00. The second-order valence-corrected chi connectivity index (χ2v) is 2.83. The molecule has 1 rings (SSSR count). The van der Waals surface area contributed by atoms with Crippen LogP contribution in [0.15, 0.2) is 18.2 Å². The van der Waals surface area contributed by atoms with Crippen LogP contribution in [0.25, 0.3) is 0 Å². The van der Waals surface area contributed by atoms with Gasteiger partial charge >= 0.3 is 0 Å². The molecule has 1 heterocycles. The molecule has 3 nitrogen and oxygen atoms in total. The highest BCUT2D eigenvalue weighted by molar-refractivity contribution is 5.39. The van der Waals surface area contributed by atoms with Crippen molar-refractivity contribution in [2.24, 2.45) is 0 Å². The Hall–Kier alpha value is -1.69. The lowest BCUT2D eigenvalue weighted by Gasteiger charge is -2.09. The van der Waals surface area contributed by atoms with Crippen molar-refractivity contribution in [2.75, 3.05) is 11.9 Å². The highest BCUT2D eigenvalue weighted by atomic mass is 16.5. The van der Waals surface area contributed by atoms with E-state index < -0.39 is 0 Å². The molecule has 0 aromatic carbocycles. The molecule has 0 aliphatic heterocycles. The van der Waals surface area contributed by atoms with Gasteiger partial charge in [0.1, 0.15) is 5.82 Å². The van der Waals surface area contributed by atoms with Crippen molar-refractivity contribution >= 4 is 5.82 Å². The molecule has 1 N–H and O–H groups in total. The Kier molecular flexibility index (Phi) is 3.81. The summed E-state index contributed by atoms with van der Waals surface area (Å²) >= 11 is 0. The van der Waals surface area contributed by atoms with Crippen LogP contribution in [0.2, 0.25) is 0 Å². The molecule has 0 radical (unpaired) electrons. The summed E-state index contributed by atoms with van der Waals surface area (Å²) in [5.74, 6) is 3.92. The minimum Gasteiger partial charge on any atom is -0.478 e. The standard InChI is InChI=1S/C11H14N2O/c1-4-9(3)12-10-7-6-8-11(13-10)14-5-2/h1,6-9H,5H2,2-3H3,(H,12,13). The van der Waals surface area contributed by atoms with E-state index in [9.17, 15) is 0 Å². The number of nitrogens with one attached hydrogen (secondary N) is 1. The van der Waals surface area contributed by atoms with Crippen LogP contribution in [0.4, 0.5) is 5.82 Å². The second-order valence-electron chi connectivity index (χ2n) is 2.83. The van der Waals surface area contributed by atoms with Crippen LogP contribution >= 0.6 is 0 Å². The molecule has 1 aromatic rings. The first-order valence-electron chi connectivity index (χ1n) is 4.58. The molecule has 14 heavy (non-hydrogen) atoms. The van der Waals surface area contributed by atoms with Crippen molar-refractivity contribution < 1.29 is 4.74 Å². The molecule has 0 spiro atoms. The van der Waals surface area contributed by atoms with Crippen LogP contribution in [0, 0.1) is 12.3 Å². The number of terminal acetylenes is 1. The summed E-state index contributed by atoms with van der Waals surface area (Å²) < 4.78 is 5.26. The molecule has 1 aromatic heterocycles. The SMILES string of the molecule is C#CC(C)Nc1cccc(OCC)n1. The summed E-state index contributed by atoms with van der Waals surface area (Å²) in [6.07, 6.45) is 5.25. The largest absolute Gasteiger partial charge is 0.478 e. The van der Waals surface area contributed by atoms with Crippen molar-refractivity contribution in [2.45, 2.75) is 19.9 Å². The Morgan fingerprint density at radius 2 is 2.43 bits per heavy atom. The number of ether oxygens (including phenoxy) is 1. The van der Waals surface area contributed by atoms with E-state index in [-0.39, 0.29) is 6.04 Å². The Morgan fingerprint density at radius 3 is 3.07 bits per heavy atom. The summed E-state index contributed by atoms with van der Waals surface area (Å²) in [6.45, 7) is 4.43. The minimum absolute atomic E-state index is 0.0284. The molecule has 0 saturated carbocycles. The van der Waals surface area contributed by atoms with E-state index in [0.717, 1.165) is 5.82 Å². The van der Waals surface area contributed by atoms with Crippen molar-refractivity contribution in [1.82, 2.24) is 4.98 Å². The molecule has 0 amide bonds. The Morgan fingerprint density at radius 1 is 1.64 bits per heavy atom. The molecule has 1 unspecified atom stereocenters. The van der Waals surface area contributed by atoms with E-state index in [1.54, 1.807) is 0 Å². The van der Waals surface area contributed by atoms with Gasteiger partial charge in [-0.1, -0.05) is 12.0 Å². The van der Waals surface area contributed by atoms with Crippen LogP contribution in [0.5, 0.6) is 5.88 Å². The average molecular weight is 190 g/mol. The topological polar surface area (TPSA) is 34.1 Å². The lowest BCUT2D eigenvalue weighted by Crippen LogP contribution is -2.13. The lowest BCUT2D eigenvalue weighted by molar-refractivity contribution is 0.327. The monoisotopic (exact) mass is 190 g/mol. The Bertz CT molecular complexity index is 330. The van der Waals surface area contributed by atoms with Crippen molar-refractivity contribution in [1.29, 1.82) is 0 Å². The summed E-state index contributed by atoms with van der Waals surface area (Å²) in [6, 6.07) is 5.52. The fourth-order valence-electron chi connectivity index (χ4n) is 0.987. The number of aromatic nitrogens is 1. The molecule has 0 aliphatic carbocycles. The fraction of sp³-hybridized carbons (Fsp3) is 0.364. The summed E-state index contributed by atoms with van der Waals surface area (Å²) in [5.41, 5.74) is 0. The molecule has 0 aliphatic rings. The van der Waals surface area contributed by atoms with Crippen LogP contribution in [0.3, 0.4) is 0 Å². The molecule has 1 atom stereocenters. The van der Waals surface area contributed by atoms with Crippen LogP contribution in [0.1, 0.15) is 13.8 Å². The number of hydrogen-bond acceptors (Lipinski definition) is 3. The maximum atomic E-state index is 5.26. The normalized spacial score (nSPS) is 11.5. The molecule has 3 heteroatoms. The summed E-state index contributed by atoms with van der Waals surface area (Å²) in [7, 11) is 0. The van der Waals surface area contributed by atoms with E-state index in [0.29, 0.717) is 12.5 Å². The zero-order valence-corrected chi connectivity index (χ0v) is 8.45. The van der Waals surface area contributed by atoms with Gasteiger partial charge in [-0.15, -0.1) is 6.42 Å². The number of nitrogens with zero attached hydrogens (tertiary/aromatic N) is 1. The number of hydrogen-bond donors (Lipinski definition) is 1. The highest BCUT2D eigenvalue weighted by Crippen LogP contribution is 2.11. The molecular formula is C11H14N2O. The average Bonchev–Trinajstić information content (AvgIpc) is 2.19. The van der Waals surface area contributed by atoms with E-state index in [1.165, 1.54) is 0 Å².